The molecule has 1 amide bonds. The molecule has 1 aliphatic heterocycles. The number of fused-ring (bicyclic) bond motifs is 1. The second-order valence-corrected chi connectivity index (χ2v) is 7.22. The summed E-state index contributed by atoms with van der Waals surface area (Å²) in [6.07, 6.45) is -0.543. The molecule has 8 heteroatoms. The number of nitrogens with one attached hydrogen (secondary N) is 1. The van der Waals surface area contributed by atoms with E-state index in [-0.39, 0.29) is 10.9 Å². The number of hydrogen-bond acceptors (Lipinski definition) is 6. The smallest absolute Gasteiger partial charge is 0.324 e. The fourth-order valence-electron chi connectivity index (χ4n) is 3.18. The van der Waals surface area contributed by atoms with Crippen LogP contribution in [0.4, 0.5) is 16.4 Å². The zero-order valence-electron chi connectivity index (χ0n) is 15.0. The molecule has 7 nitrogen and oxygen atoms in total. The minimum Gasteiger partial charge on any atom is -0.494 e. The molecule has 4 rings (SSSR count). The first-order valence-corrected chi connectivity index (χ1v) is 9.56. The van der Waals surface area contributed by atoms with Gasteiger partial charge in [0, 0.05) is 17.4 Å². The van der Waals surface area contributed by atoms with Gasteiger partial charge in [-0.1, -0.05) is 23.5 Å². The van der Waals surface area contributed by atoms with Crippen LogP contribution in [0.3, 0.4) is 0 Å². The van der Waals surface area contributed by atoms with Gasteiger partial charge in [0.15, 0.2) is 0 Å². The molecule has 0 bridgehead atoms. The zero-order valence-corrected chi connectivity index (χ0v) is 15.8. The van der Waals surface area contributed by atoms with Crippen molar-refractivity contribution in [2.24, 2.45) is 0 Å². The van der Waals surface area contributed by atoms with Crippen LogP contribution in [0.25, 0.3) is 0 Å². The monoisotopic (exact) mass is 395 g/mol. The molecule has 0 saturated heterocycles. The average molecular weight is 395 g/mol. The normalized spacial score (nSPS) is 15.7. The first kappa shape index (κ1) is 18.0. The highest BCUT2D eigenvalue weighted by atomic mass is 32.1. The summed E-state index contributed by atoms with van der Waals surface area (Å²) in [5.41, 5.74) is 1.94. The Morgan fingerprint density at radius 1 is 1.14 bits per heavy atom. The van der Waals surface area contributed by atoms with Crippen molar-refractivity contribution in [2.45, 2.75) is 13.1 Å². The lowest BCUT2D eigenvalue weighted by Gasteiger charge is -2.37. The lowest BCUT2D eigenvalue weighted by molar-refractivity contribution is -0.380. The largest absolute Gasteiger partial charge is 0.494 e. The topological polar surface area (TPSA) is 84.7 Å². The van der Waals surface area contributed by atoms with E-state index in [9.17, 15) is 14.9 Å². The summed E-state index contributed by atoms with van der Waals surface area (Å²) < 4.78 is 5.48. The number of amides is 1. The summed E-state index contributed by atoms with van der Waals surface area (Å²) >= 11 is 1.05. The van der Waals surface area contributed by atoms with Crippen molar-refractivity contribution in [1.82, 2.24) is 0 Å². The summed E-state index contributed by atoms with van der Waals surface area (Å²) in [7, 11) is 0. The van der Waals surface area contributed by atoms with E-state index in [0.717, 1.165) is 11.3 Å². The minimum absolute atomic E-state index is 0.0368. The van der Waals surface area contributed by atoms with Gasteiger partial charge in [-0.25, -0.2) is 0 Å². The molecule has 1 unspecified atom stereocenters. The number of carbonyl (C=O) groups is 1. The van der Waals surface area contributed by atoms with Crippen molar-refractivity contribution in [3.05, 3.63) is 81.2 Å². The number of para-hydroxylation sites is 1. The fourth-order valence-corrected chi connectivity index (χ4v) is 4.04. The van der Waals surface area contributed by atoms with E-state index in [4.69, 9.17) is 4.74 Å². The van der Waals surface area contributed by atoms with Gasteiger partial charge < -0.3 is 10.1 Å². The van der Waals surface area contributed by atoms with Gasteiger partial charge in [0.25, 0.3) is 5.91 Å². The maximum atomic E-state index is 13.3. The summed E-state index contributed by atoms with van der Waals surface area (Å²) in [5, 5.41) is 14.5. The second-order valence-electron chi connectivity index (χ2n) is 6.13. The Hall–Kier alpha value is -3.39. The number of thiophene rings is 1. The van der Waals surface area contributed by atoms with Crippen LogP contribution >= 0.6 is 11.3 Å². The number of benzene rings is 2. The number of rotatable bonds is 5. The predicted octanol–water partition coefficient (Wildman–Crippen LogP) is 4.83. The van der Waals surface area contributed by atoms with Crippen LogP contribution in [0.5, 0.6) is 5.75 Å². The molecule has 0 saturated carbocycles. The third-order valence-electron chi connectivity index (χ3n) is 4.41. The Morgan fingerprint density at radius 3 is 2.57 bits per heavy atom. The number of hydrogen-bond donors (Lipinski definition) is 1. The molecule has 0 aliphatic carbocycles. The number of nitro groups is 1. The molecule has 0 spiro atoms. The van der Waals surface area contributed by atoms with Crippen molar-refractivity contribution in [3.63, 3.8) is 0 Å². The molecule has 3 aromatic rings. The molecule has 2 heterocycles. The van der Waals surface area contributed by atoms with Crippen molar-refractivity contribution in [3.8, 4) is 5.75 Å². The molecule has 28 heavy (non-hydrogen) atoms. The molecule has 1 aromatic heterocycles. The van der Waals surface area contributed by atoms with Gasteiger partial charge in [0.1, 0.15) is 11.9 Å². The van der Waals surface area contributed by atoms with Gasteiger partial charge in [0.2, 0.25) is 0 Å². The van der Waals surface area contributed by atoms with Crippen molar-refractivity contribution in [2.75, 3.05) is 16.8 Å². The molecule has 142 valence electrons. The zero-order chi connectivity index (χ0) is 19.7. The Bertz CT molecular complexity index is 1030. The van der Waals surface area contributed by atoms with Gasteiger partial charge >= 0.3 is 5.00 Å². The predicted molar refractivity (Wildman–Crippen MR) is 108 cm³/mol. The van der Waals surface area contributed by atoms with Crippen LogP contribution in [0, 0.1) is 10.1 Å². The SMILES string of the molecule is CCOc1ccc(N2C(=O)c3ccccc3NC2c2ccc([N+](=O)[O-])s2)cc1. The van der Waals surface area contributed by atoms with Crippen molar-refractivity contribution in [1.29, 1.82) is 0 Å². The van der Waals surface area contributed by atoms with Gasteiger partial charge in [-0.15, -0.1) is 0 Å². The Kier molecular flexibility index (Phi) is 4.70. The van der Waals surface area contributed by atoms with E-state index in [1.807, 2.05) is 37.3 Å². The Labute approximate surface area is 165 Å². The molecule has 1 N–H and O–H groups in total. The van der Waals surface area contributed by atoms with Crippen molar-refractivity contribution < 1.29 is 14.5 Å². The van der Waals surface area contributed by atoms with E-state index >= 15 is 0 Å². The number of nitrogens with zero attached hydrogens (tertiary/aromatic N) is 2. The summed E-state index contributed by atoms with van der Waals surface area (Å²) in [6, 6.07) is 17.6. The van der Waals surface area contributed by atoms with Gasteiger partial charge in [-0.05, 0) is 49.4 Å². The molecule has 2 aromatic carbocycles. The number of carbonyl (C=O) groups excluding carboxylic acids is 1. The maximum absolute atomic E-state index is 13.3. The molecule has 0 fully saturated rings. The highest BCUT2D eigenvalue weighted by molar-refractivity contribution is 7.15. The highest BCUT2D eigenvalue weighted by Gasteiger charge is 2.35. The average Bonchev–Trinajstić information content (AvgIpc) is 3.20. The van der Waals surface area contributed by atoms with E-state index in [1.165, 1.54) is 6.07 Å². The quantitative estimate of drug-likeness (QED) is 0.494. The second kappa shape index (κ2) is 7.32. The van der Waals surface area contributed by atoms with Crippen LogP contribution in [0.1, 0.15) is 28.3 Å². The van der Waals surface area contributed by atoms with Gasteiger partial charge in [0.05, 0.1) is 22.0 Å². The van der Waals surface area contributed by atoms with E-state index in [2.05, 4.69) is 5.32 Å². The molecule has 1 atom stereocenters. The summed E-state index contributed by atoms with van der Waals surface area (Å²) in [6.45, 7) is 2.46. The lowest BCUT2D eigenvalue weighted by Crippen LogP contribution is -2.42. The maximum Gasteiger partial charge on any atom is 0.324 e. The molecule has 0 radical (unpaired) electrons. The first-order chi connectivity index (χ1) is 13.6. The number of ether oxygens (including phenoxy) is 1. The highest BCUT2D eigenvalue weighted by Crippen LogP contribution is 2.40. The van der Waals surface area contributed by atoms with Crippen LogP contribution in [0.2, 0.25) is 0 Å². The molecular weight excluding hydrogens is 378 g/mol. The van der Waals surface area contributed by atoms with Gasteiger partial charge in [-0.2, -0.15) is 0 Å². The third-order valence-corrected chi connectivity index (χ3v) is 5.50. The van der Waals surface area contributed by atoms with Crippen LogP contribution in [-0.4, -0.2) is 17.4 Å². The summed E-state index contributed by atoms with van der Waals surface area (Å²) in [4.78, 5) is 26.3. The lowest BCUT2D eigenvalue weighted by atomic mass is 10.1. The van der Waals surface area contributed by atoms with E-state index in [1.54, 1.807) is 29.2 Å². The first-order valence-electron chi connectivity index (χ1n) is 8.74. The van der Waals surface area contributed by atoms with Gasteiger partial charge in [-0.3, -0.25) is 19.8 Å². The van der Waals surface area contributed by atoms with Crippen LogP contribution in [0.15, 0.2) is 60.7 Å². The van der Waals surface area contributed by atoms with Crippen molar-refractivity contribution >= 4 is 33.6 Å². The number of anilines is 2. The molecule has 1 aliphatic rings. The third kappa shape index (κ3) is 3.18. The van der Waals surface area contributed by atoms with Crippen LogP contribution < -0.4 is 15.0 Å². The summed E-state index contributed by atoms with van der Waals surface area (Å²) in [5.74, 6) is 0.548. The van der Waals surface area contributed by atoms with Crippen LogP contribution in [-0.2, 0) is 0 Å². The standard InChI is InChI=1S/C20H17N3O4S/c1-2-27-14-9-7-13(8-10-14)22-19(17-11-12-18(28-17)23(25)26)21-16-6-4-3-5-15(16)20(22)24/h3-12,19,21H,2H2,1H3. The minimum atomic E-state index is -0.543. The van der Waals surface area contributed by atoms with E-state index < -0.39 is 11.1 Å². The molecular formula is C20H17N3O4S. The Morgan fingerprint density at radius 2 is 1.89 bits per heavy atom. The Balaban J connectivity index is 1.78. The van der Waals surface area contributed by atoms with E-state index in [0.29, 0.717) is 34.2 Å². The fraction of sp³-hybridized carbons (Fsp3) is 0.150.